The minimum absolute atomic E-state index is 0.0129. The van der Waals surface area contributed by atoms with Gasteiger partial charge in [-0.05, 0) is 6.42 Å². The quantitative estimate of drug-likeness (QED) is 0.438. The fourth-order valence-corrected chi connectivity index (χ4v) is 0.693. The zero-order valence-corrected chi connectivity index (χ0v) is 7.62. The molecular formula is C9H18O3. The van der Waals surface area contributed by atoms with Crippen molar-refractivity contribution in [2.24, 2.45) is 5.41 Å². The highest BCUT2D eigenvalue weighted by Crippen LogP contribution is 2.18. The van der Waals surface area contributed by atoms with Crippen LogP contribution < -0.4 is 0 Å². The van der Waals surface area contributed by atoms with Gasteiger partial charge in [0.25, 0.3) is 0 Å². The molecule has 0 rings (SSSR count). The first-order valence-corrected chi connectivity index (χ1v) is 4.09. The number of aliphatic hydroxyl groups is 2. The lowest BCUT2D eigenvalue weighted by molar-refractivity contribution is 0.0334. The topological polar surface area (TPSA) is 49.7 Å². The monoisotopic (exact) mass is 174 g/mol. The third-order valence-electron chi connectivity index (χ3n) is 1.85. The molecule has 0 radical (unpaired) electrons. The molecule has 0 fully saturated rings. The molecule has 2 N–H and O–H groups in total. The molecule has 0 bridgehead atoms. The molecule has 3 nitrogen and oxygen atoms in total. The Hall–Kier alpha value is -0.380. The summed E-state index contributed by atoms with van der Waals surface area (Å²) in [5.41, 5.74) is -0.416. The summed E-state index contributed by atoms with van der Waals surface area (Å²) in [6.45, 7) is 6.38. The second-order valence-electron chi connectivity index (χ2n) is 3.24. The predicted molar refractivity (Wildman–Crippen MR) is 47.9 cm³/mol. The summed E-state index contributed by atoms with van der Waals surface area (Å²) < 4.78 is 5.14. The lowest BCUT2D eigenvalue weighted by Gasteiger charge is -2.23. The Kier molecular flexibility index (Phi) is 5.98. The van der Waals surface area contributed by atoms with Gasteiger partial charge in [-0.1, -0.05) is 13.0 Å². The number of hydrogen-bond acceptors (Lipinski definition) is 3. The van der Waals surface area contributed by atoms with E-state index < -0.39 is 5.41 Å². The maximum Gasteiger partial charge on any atom is 0.0644 e. The maximum absolute atomic E-state index is 8.91. The van der Waals surface area contributed by atoms with Crippen LogP contribution in [0.15, 0.2) is 12.7 Å². The van der Waals surface area contributed by atoms with Crippen LogP contribution in [0.1, 0.15) is 13.3 Å². The first-order valence-electron chi connectivity index (χ1n) is 4.09. The Morgan fingerprint density at radius 2 is 2.00 bits per heavy atom. The first kappa shape index (κ1) is 11.6. The van der Waals surface area contributed by atoms with E-state index in [2.05, 4.69) is 6.58 Å². The van der Waals surface area contributed by atoms with Crippen LogP contribution in [0.2, 0.25) is 0 Å². The van der Waals surface area contributed by atoms with Crippen molar-refractivity contribution in [2.75, 3.05) is 26.4 Å². The van der Waals surface area contributed by atoms with Crippen molar-refractivity contribution in [3.8, 4) is 0 Å². The van der Waals surface area contributed by atoms with Crippen LogP contribution in [0.25, 0.3) is 0 Å². The molecule has 72 valence electrons. The summed E-state index contributed by atoms with van der Waals surface area (Å²) in [6, 6.07) is 0. The summed E-state index contributed by atoms with van der Waals surface area (Å²) in [5.74, 6) is 0. The summed E-state index contributed by atoms with van der Waals surface area (Å²) in [5, 5.41) is 17.8. The second-order valence-corrected chi connectivity index (χ2v) is 3.24. The van der Waals surface area contributed by atoms with E-state index in [1.807, 2.05) is 6.92 Å². The molecule has 0 aliphatic carbocycles. The largest absolute Gasteiger partial charge is 0.396 e. The highest BCUT2D eigenvalue weighted by Gasteiger charge is 2.21. The molecule has 12 heavy (non-hydrogen) atoms. The van der Waals surface area contributed by atoms with Crippen molar-refractivity contribution in [1.29, 1.82) is 0 Å². The van der Waals surface area contributed by atoms with Crippen molar-refractivity contribution in [3.63, 3.8) is 0 Å². The molecule has 3 heteroatoms. The highest BCUT2D eigenvalue weighted by atomic mass is 16.5. The fourth-order valence-electron chi connectivity index (χ4n) is 0.693. The summed E-state index contributed by atoms with van der Waals surface area (Å²) in [7, 11) is 0. The first-order chi connectivity index (χ1) is 5.68. The van der Waals surface area contributed by atoms with Gasteiger partial charge in [0.15, 0.2) is 0 Å². The number of aliphatic hydroxyl groups excluding tert-OH is 2. The van der Waals surface area contributed by atoms with Crippen LogP contribution in [-0.2, 0) is 4.74 Å². The van der Waals surface area contributed by atoms with E-state index in [1.54, 1.807) is 6.08 Å². The van der Waals surface area contributed by atoms with Crippen molar-refractivity contribution in [3.05, 3.63) is 12.7 Å². The normalized spacial score (nSPS) is 11.6. The van der Waals surface area contributed by atoms with E-state index >= 15 is 0 Å². The van der Waals surface area contributed by atoms with Crippen molar-refractivity contribution in [1.82, 2.24) is 0 Å². The number of hydrogen-bond donors (Lipinski definition) is 2. The summed E-state index contributed by atoms with van der Waals surface area (Å²) in [4.78, 5) is 0. The van der Waals surface area contributed by atoms with Crippen molar-refractivity contribution in [2.45, 2.75) is 13.3 Å². The van der Waals surface area contributed by atoms with E-state index in [4.69, 9.17) is 14.9 Å². The van der Waals surface area contributed by atoms with E-state index in [-0.39, 0.29) is 13.2 Å². The molecule has 0 aliphatic heterocycles. The zero-order valence-electron chi connectivity index (χ0n) is 7.62. The maximum atomic E-state index is 8.91. The smallest absolute Gasteiger partial charge is 0.0644 e. The number of ether oxygens (including phenoxy) is 1. The van der Waals surface area contributed by atoms with Crippen LogP contribution in [0.5, 0.6) is 0 Å². The molecule has 0 unspecified atom stereocenters. The van der Waals surface area contributed by atoms with E-state index in [0.29, 0.717) is 19.6 Å². The van der Waals surface area contributed by atoms with Crippen LogP contribution in [0.3, 0.4) is 0 Å². The molecule has 0 amide bonds. The average Bonchev–Trinajstić information content (AvgIpc) is 2.12. The molecule has 0 heterocycles. The van der Waals surface area contributed by atoms with Gasteiger partial charge in [-0.15, -0.1) is 6.58 Å². The summed E-state index contributed by atoms with van der Waals surface area (Å²) in [6.07, 6.45) is 2.34. The Bertz CT molecular complexity index is 119. The molecular weight excluding hydrogens is 156 g/mol. The van der Waals surface area contributed by atoms with Crippen LogP contribution in [0.4, 0.5) is 0 Å². The van der Waals surface area contributed by atoms with Gasteiger partial charge in [-0.3, -0.25) is 0 Å². The second kappa shape index (κ2) is 6.17. The van der Waals surface area contributed by atoms with Gasteiger partial charge in [0, 0.05) is 12.0 Å². The molecule has 0 aromatic carbocycles. The predicted octanol–water partition coefficient (Wildman–Crippen LogP) is 0.570. The van der Waals surface area contributed by atoms with Crippen LogP contribution in [0, 0.1) is 5.41 Å². The van der Waals surface area contributed by atoms with Crippen LogP contribution in [-0.4, -0.2) is 36.6 Å². The Labute approximate surface area is 73.7 Å². The van der Waals surface area contributed by atoms with Crippen LogP contribution >= 0.6 is 0 Å². The van der Waals surface area contributed by atoms with Gasteiger partial charge >= 0.3 is 0 Å². The van der Waals surface area contributed by atoms with Crippen molar-refractivity contribution >= 4 is 0 Å². The molecule has 0 aromatic heterocycles. The number of rotatable bonds is 7. The van der Waals surface area contributed by atoms with Gasteiger partial charge in [0.05, 0.1) is 19.8 Å². The Morgan fingerprint density at radius 3 is 2.42 bits per heavy atom. The van der Waals surface area contributed by atoms with Gasteiger partial charge in [-0.25, -0.2) is 0 Å². The molecule has 0 atom stereocenters. The third-order valence-corrected chi connectivity index (χ3v) is 1.85. The lowest BCUT2D eigenvalue weighted by atomic mass is 9.89. The molecule has 0 spiro atoms. The zero-order chi connectivity index (χ0) is 9.45. The third kappa shape index (κ3) is 4.49. The average molecular weight is 174 g/mol. The molecule has 0 saturated carbocycles. The van der Waals surface area contributed by atoms with E-state index in [1.165, 1.54) is 0 Å². The van der Waals surface area contributed by atoms with Gasteiger partial charge in [-0.2, -0.15) is 0 Å². The van der Waals surface area contributed by atoms with E-state index in [9.17, 15) is 0 Å². The van der Waals surface area contributed by atoms with Gasteiger partial charge < -0.3 is 14.9 Å². The minimum atomic E-state index is -0.416. The van der Waals surface area contributed by atoms with Crippen molar-refractivity contribution < 1.29 is 14.9 Å². The Balaban J connectivity index is 3.51. The molecule has 0 aliphatic rings. The lowest BCUT2D eigenvalue weighted by Crippen LogP contribution is -2.27. The molecule has 0 saturated heterocycles. The van der Waals surface area contributed by atoms with Gasteiger partial charge in [0.2, 0.25) is 0 Å². The minimum Gasteiger partial charge on any atom is -0.396 e. The summed E-state index contributed by atoms with van der Waals surface area (Å²) >= 11 is 0. The highest BCUT2D eigenvalue weighted by molar-refractivity contribution is 4.72. The molecule has 0 aromatic rings. The fraction of sp³-hybridized carbons (Fsp3) is 0.778. The SMILES string of the molecule is C=CCOCCC(C)(CO)CO. The van der Waals surface area contributed by atoms with E-state index in [0.717, 1.165) is 0 Å². The Morgan fingerprint density at radius 1 is 1.42 bits per heavy atom. The standard InChI is InChI=1S/C9H18O3/c1-3-5-12-6-4-9(2,7-10)8-11/h3,10-11H,1,4-8H2,2H3. The van der Waals surface area contributed by atoms with Gasteiger partial charge in [0.1, 0.15) is 0 Å².